The summed E-state index contributed by atoms with van der Waals surface area (Å²) in [4.78, 5) is 15.3. The Morgan fingerprint density at radius 2 is 1.97 bits per heavy atom. The molecule has 38 heavy (non-hydrogen) atoms. The van der Waals surface area contributed by atoms with Crippen molar-refractivity contribution in [3.63, 3.8) is 0 Å². The highest BCUT2D eigenvalue weighted by Gasteiger charge is 2.58. The minimum atomic E-state index is -0.870. The number of nitrogens with zero attached hydrogens (tertiary/aromatic N) is 4. The number of halogens is 2. The van der Waals surface area contributed by atoms with Crippen LogP contribution in [0.1, 0.15) is 43.2 Å². The van der Waals surface area contributed by atoms with E-state index in [-0.39, 0.29) is 5.41 Å². The normalized spacial score (nSPS) is 25.6. The van der Waals surface area contributed by atoms with Gasteiger partial charge in [-0.1, -0.05) is 12.1 Å². The highest BCUT2D eigenvalue weighted by atomic mass is 19.2. The van der Waals surface area contributed by atoms with Gasteiger partial charge >= 0.3 is 0 Å². The van der Waals surface area contributed by atoms with E-state index in [4.69, 9.17) is 10.1 Å². The summed E-state index contributed by atoms with van der Waals surface area (Å²) in [5, 5.41) is 9.03. The van der Waals surface area contributed by atoms with E-state index in [1.54, 1.807) is 0 Å². The minimum absolute atomic E-state index is 0.190. The minimum Gasteiger partial charge on any atom is -0.462 e. The maximum absolute atomic E-state index is 13.9. The van der Waals surface area contributed by atoms with E-state index < -0.39 is 11.6 Å². The van der Waals surface area contributed by atoms with Crippen LogP contribution in [0.5, 0.6) is 0 Å². The summed E-state index contributed by atoms with van der Waals surface area (Å²) >= 11 is 0. The highest BCUT2D eigenvalue weighted by Crippen LogP contribution is 2.63. The monoisotopic (exact) mass is 519 g/mol. The Hall–Kier alpha value is -3.15. The fourth-order valence-corrected chi connectivity index (χ4v) is 6.74. The van der Waals surface area contributed by atoms with E-state index in [0.29, 0.717) is 28.9 Å². The Balaban J connectivity index is 1.20. The van der Waals surface area contributed by atoms with Crippen LogP contribution in [0, 0.1) is 29.6 Å². The number of anilines is 1. The number of aliphatic hydroxyl groups excluding tert-OH is 1. The predicted octanol–water partition coefficient (Wildman–Crippen LogP) is 4.48. The van der Waals surface area contributed by atoms with Gasteiger partial charge < -0.3 is 24.8 Å². The summed E-state index contributed by atoms with van der Waals surface area (Å²) in [5.41, 5.74) is 3.34. The molecule has 0 radical (unpaired) electrons. The molecule has 0 spiro atoms. The lowest BCUT2D eigenvalue weighted by Crippen LogP contribution is -2.46. The topological polar surface area (TPSA) is 58.6 Å². The standard InChI is InChI=1S/C30H35F2N5O/c1-35-11-13-36(14-12-35)9-3-10-37(29-33-27-18-25(31)26(32)19-28(27)34-29)24-6-8-30(20-23(30)17-24)22-5-2-4-21(16-22)7-15-38/h2,4-5,16,18-19,23-24,38H,3,6,8-14,17,20H2,1H3,(H,33,34)/t23?,24-,30-/m1/s1. The molecule has 2 saturated carbocycles. The number of aromatic amines is 1. The predicted molar refractivity (Wildman–Crippen MR) is 145 cm³/mol. The zero-order valence-electron chi connectivity index (χ0n) is 21.9. The summed E-state index contributed by atoms with van der Waals surface area (Å²) in [6.07, 6.45) is 7.36. The van der Waals surface area contributed by atoms with Crippen LogP contribution >= 0.6 is 0 Å². The summed E-state index contributed by atoms with van der Waals surface area (Å²) in [5.74, 6) is 2.33. The number of nitrogens with one attached hydrogen (secondary N) is 1. The zero-order valence-corrected chi connectivity index (χ0v) is 21.9. The first-order chi connectivity index (χ1) is 18.4. The molecule has 2 heterocycles. The molecule has 1 aromatic heterocycles. The van der Waals surface area contributed by atoms with Crippen molar-refractivity contribution in [2.75, 3.05) is 51.2 Å². The van der Waals surface area contributed by atoms with Crippen LogP contribution in [-0.4, -0.2) is 77.2 Å². The highest BCUT2D eigenvalue weighted by molar-refractivity contribution is 5.78. The number of imidazole rings is 1. The fraction of sp³-hybridized carbons (Fsp3) is 0.500. The van der Waals surface area contributed by atoms with E-state index in [9.17, 15) is 8.78 Å². The molecular weight excluding hydrogens is 484 g/mol. The number of likely N-dealkylation sites (N-methyl/N-ethyl adjacent to an activating group) is 1. The maximum Gasteiger partial charge on any atom is 0.204 e. The third-order valence-corrected chi connectivity index (χ3v) is 9.04. The van der Waals surface area contributed by atoms with Crippen molar-refractivity contribution < 1.29 is 13.9 Å². The number of aliphatic hydroxyl groups is 1. The third kappa shape index (κ3) is 4.85. The van der Waals surface area contributed by atoms with E-state index in [2.05, 4.69) is 44.8 Å². The number of fused-ring (bicyclic) bond motifs is 2. The van der Waals surface area contributed by atoms with Crippen LogP contribution in [0.2, 0.25) is 0 Å². The Morgan fingerprint density at radius 3 is 2.76 bits per heavy atom. The number of benzene rings is 2. The second-order valence-corrected chi connectivity index (χ2v) is 11.3. The molecule has 3 aromatic rings. The lowest BCUT2D eigenvalue weighted by Gasteiger charge is -2.38. The molecule has 200 valence electrons. The Labute approximate surface area is 222 Å². The van der Waals surface area contributed by atoms with Gasteiger partial charge in [0.25, 0.3) is 0 Å². The second-order valence-electron chi connectivity index (χ2n) is 11.3. The van der Waals surface area contributed by atoms with Gasteiger partial charge in [-0.3, -0.25) is 0 Å². The van der Waals surface area contributed by atoms with Gasteiger partial charge in [0.1, 0.15) is 6.11 Å². The molecule has 3 fully saturated rings. The summed E-state index contributed by atoms with van der Waals surface area (Å²) in [7, 11) is 2.17. The molecule has 6 nitrogen and oxygen atoms in total. The fourth-order valence-electron chi connectivity index (χ4n) is 6.74. The number of aromatic nitrogens is 2. The summed E-state index contributed by atoms with van der Waals surface area (Å²) < 4.78 is 27.8. The average Bonchev–Trinajstić information content (AvgIpc) is 3.53. The number of hydrogen-bond donors (Lipinski definition) is 2. The van der Waals surface area contributed by atoms with Crippen LogP contribution in [0.25, 0.3) is 11.0 Å². The summed E-state index contributed by atoms with van der Waals surface area (Å²) in [6.45, 7) is 6.26. The average molecular weight is 520 g/mol. The molecule has 6 rings (SSSR count). The molecular formula is C30H35F2N5O. The van der Waals surface area contributed by atoms with Gasteiger partial charge in [-0.2, -0.15) is 0 Å². The molecule has 1 aliphatic heterocycles. The van der Waals surface area contributed by atoms with Crippen molar-refractivity contribution in [3.8, 4) is 12.0 Å². The molecule has 1 saturated heterocycles. The zero-order chi connectivity index (χ0) is 26.3. The van der Waals surface area contributed by atoms with E-state index in [1.165, 1.54) is 17.7 Å². The van der Waals surface area contributed by atoms with Crippen molar-refractivity contribution in [2.24, 2.45) is 5.92 Å². The molecule has 0 amide bonds. The van der Waals surface area contributed by atoms with Crippen LogP contribution < -0.4 is 4.90 Å². The van der Waals surface area contributed by atoms with Gasteiger partial charge in [0.2, 0.25) is 5.95 Å². The van der Waals surface area contributed by atoms with Crippen LogP contribution in [-0.2, 0) is 5.41 Å². The van der Waals surface area contributed by atoms with Gasteiger partial charge in [0, 0.05) is 56.5 Å². The molecule has 2 aromatic carbocycles. The van der Waals surface area contributed by atoms with Crippen LogP contribution in [0.4, 0.5) is 14.7 Å². The first-order valence-electron chi connectivity index (χ1n) is 13.7. The largest absolute Gasteiger partial charge is 0.462 e. The third-order valence-electron chi connectivity index (χ3n) is 9.04. The molecule has 0 bridgehead atoms. The van der Waals surface area contributed by atoms with Crippen molar-refractivity contribution >= 4 is 17.0 Å². The van der Waals surface area contributed by atoms with Crippen molar-refractivity contribution in [3.05, 3.63) is 59.2 Å². The quantitative estimate of drug-likeness (QED) is 0.451. The second kappa shape index (κ2) is 10.2. The number of hydrogen-bond acceptors (Lipinski definition) is 5. The van der Waals surface area contributed by atoms with E-state index in [1.807, 2.05) is 18.2 Å². The maximum atomic E-state index is 13.9. The first-order valence-corrected chi connectivity index (χ1v) is 13.7. The van der Waals surface area contributed by atoms with Gasteiger partial charge in [-0.05, 0) is 80.6 Å². The number of H-pyrrole nitrogens is 1. The Bertz CT molecular complexity index is 1330. The van der Waals surface area contributed by atoms with Crippen LogP contribution in [0.15, 0.2) is 36.4 Å². The van der Waals surface area contributed by atoms with Crippen molar-refractivity contribution in [2.45, 2.75) is 43.6 Å². The van der Waals surface area contributed by atoms with Gasteiger partial charge in [-0.25, -0.2) is 13.8 Å². The molecule has 2 N–H and O–H groups in total. The van der Waals surface area contributed by atoms with Crippen molar-refractivity contribution in [1.29, 1.82) is 0 Å². The van der Waals surface area contributed by atoms with Crippen LogP contribution in [0.3, 0.4) is 0 Å². The Morgan fingerprint density at radius 1 is 1.16 bits per heavy atom. The lowest BCUT2D eigenvalue weighted by atomic mass is 9.80. The molecule has 2 aliphatic carbocycles. The number of rotatable bonds is 7. The first kappa shape index (κ1) is 25.1. The lowest BCUT2D eigenvalue weighted by molar-refractivity contribution is 0.153. The summed E-state index contributed by atoms with van der Waals surface area (Å²) in [6, 6.07) is 11.0. The van der Waals surface area contributed by atoms with Gasteiger partial charge in [0.15, 0.2) is 11.6 Å². The Kier molecular flexibility index (Phi) is 6.75. The van der Waals surface area contributed by atoms with Gasteiger partial charge in [-0.15, -0.1) is 0 Å². The molecule has 8 heteroatoms. The van der Waals surface area contributed by atoms with Crippen molar-refractivity contribution in [1.82, 2.24) is 19.8 Å². The number of piperazine rings is 1. The molecule has 1 unspecified atom stereocenters. The smallest absolute Gasteiger partial charge is 0.204 e. The molecule has 3 aliphatic rings. The van der Waals surface area contributed by atoms with E-state index in [0.717, 1.165) is 76.9 Å². The SMILES string of the molecule is CN1CCN(CCCN(c2nc3cc(F)c(F)cc3[nH]2)[C@@H]2CC[C@]3(c4cccc(C#CO)c4)CC3C2)CC1. The molecule has 3 atom stereocenters. The van der Waals surface area contributed by atoms with Gasteiger partial charge in [0.05, 0.1) is 11.0 Å². The van der Waals surface area contributed by atoms with E-state index >= 15 is 0 Å².